The first-order valence-electron chi connectivity index (χ1n) is 8.39. The lowest BCUT2D eigenvalue weighted by atomic mass is 9.97. The molecule has 0 spiro atoms. The van der Waals surface area contributed by atoms with Crippen LogP contribution in [0.1, 0.15) is 25.3 Å². The SMILES string of the molecule is CCOC(=O)C1(C(=O)OCC)[C@H](C=O)[C@H]1c1ccc2ccccc2c1. The van der Waals surface area contributed by atoms with E-state index in [9.17, 15) is 14.4 Å². The summed E-state index contributed by atoms with van der Waals surface area (Å²) in [5, 5.41) is 2.03. The Kier molecular flexibility index (Phi) is 4.57. The van der Waals surface area contributed by atoms with Gasteiger partial charge in [0.25, 0.3) is 0 Å². The van der Waals surface area contributed by atoms with Gasteiger partial charge in [-0.15, -0.1) is 0 Å². The molecule has 0 aliphatic heterocycles. The molecule has 0 bridgehead atoms. The van der Waals surface area contributed by atoms with Crippen molar-refractivity contribution in [2.75, 3.05) is 13.2 Å². The first-order chi connectivity index (χ1) is 12.1. The maximum atomic E-state index is 12.6. The predicted octanol–water partition coefficient (Wildman–Crippen LogP) is 2.86. The van der Waals surface area contributed by atoms with Crippen molar-refractivity contribution in [3.05, 3.63) is 48.0 Å². The van der Waals surface area contributed by atoms with Crippen LogP contribution < -0.4 is 0 Å². The van der Waals surface area contributed by atoms with Crippen molar-refractivity contribution >= 4 is 29.0 Å². The number of carbonyl (C=O) groups excluding carboxylic acids is 3. The van der Waals surface area contributed by atoms with Crippen LogP contribution >= 0.6 is 0 Å². The van der Waals surface area contributed by atoms with Gasteiger partial charge in [-0.2, -0.15) is 0 Å². The third kappa shape index (κ3) is 2.60. The Bertz CT molecular complexity index is 808. The standard InChI is InChI=1S/C20H20O5/c1-3-24-18(22)20(19(23)25-4-2)16(12-21)17(20)15-10-9-13-7-5-6-8-14(13)11-15/h5-12,16-17H,3-4H2,1-2H3/t16-,17-/m1/s1. The number of rotatable bonds is 6. The lowest BCUT2D eigenvalue weighted by molar-refractivity contribution is -0.165. The molecule has 0 amide bonds. The maximum Gasteiger partial charge on any atom is 0.324 e. The first kappa shape index (κ1) is 17.1. The van der Waals surface area contributed by atoms with Gasteiger partial charge < -0.3 is 14.3 Å². The highest BCUT2D eigenvalue weighted by Crippen LogP contribution is 2.65. The molecule has 2 atom stereocenters. The average molecular weight is 340 g/mol. The fraction of sp³-hybridized carbons (Fsp3) is 0.350. The second-order valence-corrected chi connectivity index (χ2v) is 6.06. The van der Waals surface area contributed by atoms with E-state index in [-0.39, 0.29) is 13.2 Å². The topological polar surface area (TPSA) is 69.7 Å². The third-order valence-electron chi connectivity index (χ3n) is 4.77. The fourth-order valence-corrected chi connectivity index (χ4v) is 3.58. The van der Waals surface area contributed by atoms with Crippen LogP contribution in [-0.2, 0) is 23.9 Å². The minimum Gasteiger partial charge on any atom is -0.465 e. The summed E-state index contributed by atoms with van der Waals surface area (Å²) in [6, 6.07) is 13.5. The fourth-order valence-electron chi connectivity index (χ4n) is 3.58. The Morgan fingerprint density at radius 2 is 1.60 bits per heavy atom. The quantitative estimate of drug-likeness (QED) is 0.459. The number of esters is 2. The molecule has 1 aliphatic rings. The molecule has 5 nitrogen and oxygen atoms in total. The average Bonchev–Trinajstić information content (AvgIpc) is 3.32. The molecule has 5 heteroatoms. The minimum absolute atomic E-state index is 0.135. The van der Waals surface area contributed by atoms with E-state index in [0.29, 0.717) is 6.29 Å². The van der Waals surface area contributed by atoms with Gasteiger partial charge in [-0.05, 0) is 30.2 Å². The van der Waals surface area contributed by atoms with Crippen molar-refractivity contribution in [2.45, 2.75) is 19.8 Å². The van der Waals surface area contributed by atoms with Crippen LogP contribution in [0.25, 0.3) is 10.8 Å². The largest absolute Gasteiger partial charge is 0.465 e. The number of ether oxygens (including phenoxy) is 2. The highest BCUT2D eigenvalue weighted by atomic mass is 16.6. The smallest absolute Gasteiger partial charge is 0.324 e. The van der Waals surface area contributed by atoms with Crippen molar-refractivity contribution < 1.29 is 23.9 Å². The minimum atomic E-state index is -1.57. The van der Waals surface area contributed by atoms with E-state index in [4.69, 9.17) is 9.47 Å². The van der Waals surface area contributed by atoms with Crippen molar-refractivity contribution in [1.29, 1.82) is 0 Å². The zero-order chi connectivity index (χ0) is 18.0. The number of carbonyl (C=O) groups is 3. The Morgan fingerprint density at radius 1 is 1.00 bits per heavy atom. The van der Waals surface area contributed by atoms with Gasteiger partial charge in [-0.25, -0.2) is 0 Å². The molecule has 3 rings (SSSR count). The molecule has 0 aromatic heterocycles. The highest BCUT2D eigenvalue weighted by Gasteiger charge is 2.77. The number of fused-ring (bicyclic) bond motifs is 1. The summed E-state index contributed by atoms with van der Waals surface area (Å²) < 4.78 is 10.2. The summed E-state index contributed by atoms with van der Waals surface area (Å²) in [4.78, 5) is 36.8. The molecule has 25 heavy (non-hydrogen) atoms. The molecule has 0 heterocycles. The molecule has 2 aromatic rings. The summed E-state index contributed by atoms with van der Waals surface area (Å²) >= 11 is 0. The number of aldehydes is 1. The van der Waals surface area contributed by atoms with Crippen molar-refractivity contribution in [2.24, 2.45) is 11.3 Å². The lowest BCUT2D eigenvalue weighted by Gasteiger charge is -2.15. The molecule has 2 aromatic carbocycles. The van der Waals surface area contributed by atoms with Crippen LogP contribution in [0.3, 0.4) is 0 Å². The Balaban J connectivity index is 2.06. The summed E-state index contributed by atoms with van der Waals surface area (Å²) in [6.45, 7) is 3.60. The number of hydrogen-bond donors (Lipinski definition) is 0. The molecule has 1 saturated carbocycles. The Morgan fingerprint density at radius 3 is 2.16 bits per heavy atom. The van der Waals surface area contributed by atoms with E-state index in [2.05, 4.69) is 0 Å². The van der Waals surface area contributed by atoms with Gasteiger partial charge in [0.1, 0.15) is 6.29 Å². The predicted molar refractivity (Wildman–Crippen MR) is 91.9 cm³/mol. The van der Waals surface area contributed by atoms with Gasteiger partial charge in [0.15, 0.2) is 5.41 Å². The molecule has 1 fully saturated rings. The first-order valence-corrected chi connectivity index (χ1v) is 8.39. The summed E-state index contributed by atoms with van der Waals surface area (Å²) in [7, 11) is 0. The van der Waals surface area contributed by atoms with Crippen LogP contribution in [0.15, 0.2) is 42.5 Å². The van der Waals surface area contributed by atoms with E-state index in [1.165, 1.54) is 0 Å². The Hall–Kier alpha value is -2.69. The monoisotopic (exact) mass is 340 g/mol. The van der Waals surface area contributed by atoms with E-state index in [0.717, 1.165) is 16.3 Å². The molecule has 0 N–H and O–H groups in total. The van der Waals surface area contributed by atoms with Crippen LogP contribution in [0, 0.1) is 11.3 Å². The Labute approximate surface area is 145 Å². The van der Waals surface area contributed by atoms with Crippen molar-refractivity contribution in [3.63, 3.8) is 0 Å². The highest BCUT2D eigenvalue weighted by molar-refractivity contribution is 6.09. The summed E-state index contributed by atoms with van der Waals surface area (Å²) in [6.07, 6.45) is 0.660. The molecule has 0 saturated heterocycles. The van der Waals surface area contributed by atoms with E-state index in [1.807, 2.05) is 42.5 Å². The summed E-state index contributed by atoms with van der Waals surface area (Å²) in [5.74, 6) is -2.72. The molecular formula is C20H20O5. The second kappa shape index (κ2) is 6.67. The second-order valence-electron chi connectivity index (χ2n) is 6.06. The third-order valence-corrected chi connectivity index (χ3v) is 4.77. The van der Waals surface area contributed by atoms with E-state index < -0.39 is 29.2 Å². The molecular weight excluding hydrogens is 320 g/mol. The summed E-state index contributed by atoms with van der Waals surface area (Å²) in [5.41, 5.74) is -0.812. The zero-order valence-corrected chi connectivity index (χ0v) is 14.2. The van der Waals surface area contributed by atoms with Crippen molar-refractivity contribution in [1.82, 2.24) is 0 Å². The van der Waals surface area contributed by atoms with Gasteiger partial charge >= 0.3 is 11.9 Å². The zero-order valence-electron chi connectivity index (χ0n) is 14.2. The normalized spacial score (nSPS) is 20.7. The van der Waals surface area contributed by atoms with Crippen LogP contribution in [0.4, 0.5) is 0 Å². The van der Waals surface area contributed by atoms with E-state index >= 15 is 0 Å². The molecule has 130 valence electrons. The van der Waals surface area contributed by atoms with Crippen molar-refractivity contribution in [3.8, 4) is 0 Å². The van der Waals surface area contributed by atoms with Crippen LogP contribution in [0.5, 0.6) is 0 Å². The van der Waals surface area contributed by atoms with Gasteiger partial charge in [-0.1, -0.05) is 42.5 Å². The number of hydrogen-bond acceptors (Lipinski definition) is 5. The van der Waals surface area contributed by atoms with Crippen LogP contribution in [0.2, 0.25) is 0 Å². The van der Waals surface area contributed by atoms with Gasteiger partial charge in [0.2, 0.25) is 0 Å². The molecule has 0 radical (unpaired) electrons. The maximum absolute atomic E-state index is 12.6. The van der Waals surface area contributed by atoms with Gasteiger partial charge in [0, 0.05) is 5.92 Å². The number of benzene rings is 2. The van der Waals surface area contributed by atoms with E-state index in [1.54, 1.807) is 13.8 Å². The lowest BCUT2D eigenvalue weighted by Crippen LogP contribution is -2.33. The van der Waals surface area contributed by atoms with Gasteiger partial charge in [0.05, 0.1) is 19.1 Å². The van der Waals surface area contributed by atoms with Crippen LogP contribution in [-0.4, -0.2) is 31.4 Å². The molecule has 1 aliphatic carbocycles. The molecule has 0 unspecified atom stereocenters. The van der Waals surface area contributed by atoms with Gasteiger partial charge in [-0.3, -0.25) is 9.59 Å².